The molecule has 0 saturated carbocycles. The van der Waals surface area contributed by atoms with Gasteiger partial charge < -0.3 is 4.74 Å². The van der Waals surface area contributed by atoms with Gasteiger partial charge in [-0.2, -0.15) is 10.2 Å². The Morgan fingerprint density at radius 1 is 1.16 bits per heavy atom. The van der Waals surface area contributed by atoms with E-state index in [-0.39, 0.29) is 17.8 Å². The maximum Gasteiger partial charge on any atom is 0.249 e. The maximum atomic E-state index is 11.9. The van der Waals surface area contributed by atoms with Gasteiger partial charge >= 0.3 is 0 Å². The highest BCUT2D eigenvalue weighted by molar-refractivity contribution is 5.90. The number of carbonyl (C=O) groups is 1. The van der Waals surface area contributed by atoms with Crippen molar-refractivity contribution in [3.05, 3.63) is 72.1 Å². The SMILES string of the molecule is CC(C)C(=O)Nc1nc2cccc(-c3ccc(OCc4ccc(C#N)nc4)cc3)n2n1. The molecule has 0 aliphatic rings. The first-order valence-electron chi connectivity index (χ1n) is 9.78. The van der Waals surface area contributed by atoms with E-state index in [1.54, 1.807) is 16.8 Å². The van der Waals surface area contributed by atoms with Crippen LogP contribution in [0.4, 0.5) is 5.95 Å². The Bertz CT molecular complexity index is 1250. The van der Waals surface area contributed by atoms with Crippen molar-refractivity contribution in [3.8, 4) is 23.1 Å². The van der Waals surface area contributed by atoms with Crippen LogP contribution in [-0.4, -0.2) is 25.5 Å². The van der Waals surface area contributed by atoms with Gasteiger partial charge in [0, 0.05) is 23.2 Å². The van der Waals surface area contributed by atoms with Crippen LogP contribution < -0.4 is 10.1 Å². The van der Waals surface area contributed by atoms with Crippen LogP contribution in [0, 0.1) is 17.2 Å². The molecular formula is C23H20N6O2. The summed E-state index contributed by atoms with van der Waals surface area (Å²) in [4.78, 5) is 20.4. The highest BCUT2D eigenvalue weighted by Gasteiger charge is 2.13. The molecule has 154 valence electrons. The minimum Gasteiger partial charge on any atom is -0.489 e. The number of nitrogens with one attached hydrogen (secondary N) is 1. The number of rotatable bonds is 6. The summed E-state index contributed by atoms with van der Waals surface area (Å²) in [7, 11) is 0. The van der Waals surface area contributed by atoms with Crippen LogP contribution >= 0.6 is 0 Å². The van der Waals surface area contributed by atoms with Gasteiger partial charge in [0.05, 0.1) is 5.69 Å². The highest BCUT2D eigenvalue weighted by atomic mass is 16.5. The van der Waals surface area contributed by atoms with Crippen molar-refractivity contribution in [1.29, 1.82) is 5.26 Å². The summed E-state index contributed by atoms with van der Waals surface area (Å²) in [6.45, 7) is 3.99. The number of carbonyl (C=O) groups excluding carboxylic acids is 1. The van der Waals surface area contributed by atoms with Crippen molar-refractivity contribution in [2.75, 3.05) is 5.32 Å². The van der Waals surface area contributed by atoms with Crippen molar-refractivity contribution < 1.29 is 9.53 Å². The molecule has 0 spiro atoms. The minimum atomic E-state index is -0.154. The number of hydrogen-bond acceptors (Lipinski definition) is 6. The van der Waals surface area contributed by atoms with Crippen LogP contribution in [0.1, 0.15) is 25.1 Å². The average Bonchev–Trinajstić information content (AvgIpc) is 3.21. The average molecular weight is 412 g/mol. The number of aromatic nitrogens is 4. The molecular weight excluding hydrogens is 392 g/mol. The van der Waals surface area contributed by atoms with Crippen molar-refractivity contribution in [3.63, 3.8) is 0 Å². The summed E-state index contributed by atoms with van der Waals surface area (Å²) < 4.78 is 7.51. The summed E-state index contributed by atoms with van der Waals surface area (Å²) in [5, 5.41) is 16.0. The number of fused-ring (bicyclic) bond motifs is 1. The topological polar surface area (TPSA) is 105 Å². The van der Waals surface area contributed by atoms with Gasteiger partial charge in [-0.25, -0.2) is 9.50 Å². The minimum absolute atomic E-state index is 0.128. The zero-order chi connectivity index (χ0) is 21.8. The zero-order valence-corrected chi connectivity index (χ0v) is 17.1. The van der Waals surface area contributed by atoms with Gasteiger partial charge in [0.2, 0.25) is 11.9 Å². The van der Waals surface area contributed by atoms with E-state index in [4.69, 9.17) is 10.00 Å². The number of ether oxygens (including phenoxy) is 1. The van der Waals surface area contributed by atoms with Gasteiger partial charge in [-0.1, -0.05) is 26.0 Å². The first-order chi connectivity index (χ1) is 15.0. The standard InChI is InChI=1S/C23H20N6O2/c1-15(2)22(30)27-23-26-21-5-3-4-20(29(21)28-23)17-7-10-19(11-8-17)31-14-16-6-9-18(12-24)25-13-16/h3-11,13,15H,14H2,1-2H3,(H,27,28,30). The van der Waals surface area contributed by atoms with E-state index in [9.17, 15) is 4.79 Å². The van der Waals surface area contributed by atoms with E-state index >= 15 is 0 Å². The van der Waals surface area contributed by atoms with Gasteiger partial charge in [-0.05, 0) is 42.5 Å². The van der Waals surface area contributed by atoms with Crippen molar-refractivity contribution >= 4 is 17.5 Å². The number of amides is 1. The van der Waals surface area contributed by atoms with E-state index in [1.165, 1.54) is 0 Å². The Balaban J connectivity index is 1.51. The lowest BCUT2D eigenvalue weighted by Gasteiger charge is -2.08. The molecule has 4 aromatic rings. The Morgan fingerprint density at radius 2 is 1.97 bits per heavy atom. The van der Waals surface area contributed by atoms with Crippen LogP contribution in [0.25, 0.3) is 16.9 Å². The summed E-state index contributed by atoms with van der Waals surface area (Å²) in [6.07, 6.45) is 1.63. The normalized spacial score (nSPS) is 10.8. The third-order valence-electron chi connectivity index (χ3n) is 4.61. The number of anilines is 1. The van der Waals surface area contributed by atoms with Crippen LogP contribution in [0.15, 0.2) is 60.8 Å². The van der Waals surface area contributed by atoms with Crippen LogP contribution in [0.2, 0.25) is 0 Å². The lowest BCUT2D eigenvalue weighted by Crippen LogP contribution is -2.18. The Hall–Kier alpha value is -4.25. The second-order valence-electron chi connectivity index (χ2n) is 7.24. The fourth-order valence-corrected chi connectivity index (χ4v) is 2.90. The Kier molecular flexibility index (Phi) is 5.58. The molecule has 0 unspecified atom stereocenters. The molecule has 0 atom stereocenters. The van der Waals surface area contributed by atoms with E-state index in [2.05, 4.69) is 20.4 Å². The molecule has 1 aromatic carbocycles. The van der Waals surface area contributed by atoms with E-state index < -0.39 is 0 Å². The summed E-state index contributed by atoms with van der Waals surface area (Å²) in [5.41, 5.74) is 3.68. The molecule has 1 amide bonds. The lowest BCUT2D eigenvalue weighted by atomic mass is 10.1. The van der Waals surface area contributed by atoms with Gasteiger partial charge in [0.1, 0.15) is 24.1 Å². The van der Waals surface area contributed by atoms with E-state index in [0.717, 1.165) is 16.8 Å². The van der Waals surface area contributed by atoms with E-state index in [1.807, 2.05) is 68.4 Å². The smallest absolute Gasteiger partial charge is 0.249 e. The first kappa shape index (κ1) is 20.0. The van der Waals surface area contributed by atoms with Gasteiger partial charge in [0.15, 0.2) is 5.65 Å². The second kappa shape index (κ2) is 8.63. The van der Waals surface area contributed by atoms with Crippen LogP contribution in [-0.2, 0) is 11.4 Å². The van der Waals surface area contributed by atoms with E-state index in [0.29, 0.717) is 23.7 Å². The highest BCUT2D eigenvalue weighted by Crippen LogP contribution is 2.24. The predicted octanol–water partition coefficient (Wildman–Crippen LogP) is 3.84. The molecule has 0 saturated heterocycles. The molecule has 0 aliphatic carbocycles. The number of nitriles is 1. The molecule has 8 nitrogen and oxygen atoms in total. The largest absolute Gasteiger partial charge is 0.489 e. The number of hydrogen-bond donors (Lipinski definition) is 1. The summed E-state index contributed by atoms with van der Waals surface area (Å²) in [5.74, 6) is 0.709. The quantitative estimate of drug-likeness (QED) is 0.516. The molecule has 0 aliphatic heterocycles. The molecule has 3 heterocycles. The third-order valence-corrected chi connectivity index (χ3v) is 4.61. The van der Waals surface area contributed by atoms with Crippen molar-refractivity contribution in [2.45, 2.75) is 20.5 Å². The molecule has 3 aromatic heterocycles. The summed E-state index contributed by atoms with van der Waals surface area (Å²) >= 11 is 0. The zero-order valence-electron chi connectivity index (χ0n) is 17.1. The Labute approximate surface area is 179 Å². The van der Waals surface area contributed by atoms with Gasteiger partial charge in [0.25, 0.3) is 0 Å². The molecule has 0 fully saturated rings. The molecule has 8 heteroatoms. The molecule has 0 bridgehead atoms. The fraction of sp³-hybridized carbons (Fsp3) is 0.174. The van der Waals surface area contributed by atoms with Gasteiger partial charge in [-0.3, -0.25) is 10.1 Å². The van der Waals surface area contributed by atoms with Crippen molar-refractivity contribution in [2.24, 2.45) is 5.92 Å². The number of benzene rings is 1. The molecule has 31 heavy (non-hydrogen) atoms. The monoisotopic (exact) mass is 412 g/mol. The molecule has 4 rings (SSSR count). The van der Waals surface area contributed by atoms with Crippen LogP contribution in [0.3, 0.4) is 0 Å². The summed E-state index contributed by atoms with van der Waals surface area (Å²) in [6, 6.07) is 18.8. The Morgan fingerprint density at radius 3 is 2.65 bits per heavy atom. The first-order valence-corrected chi connectivity index (χ1v) is 9.78. The lowest BCUT2D eigenvalue weighted by molar-refractivity contribution is -0.118. The third kappa shape index (κ3) is 4.51. The number of pyridine rings is 2. The fourth-order valence-electron chi connectivity index (χ4n) is 2.90. The predicted molar refractivity (Wildman–Crippen MR) is 115 cm³/mol. The molecule has 0 radical (unpaired) electrons. The second-order valence-corrected chi connectivity index (χ2v) is 7.24. The maximum absolute atomic E-state index is 11.9. The molecule has 1 N–H and O–H groups in total. The van der Waals surface area contributed by atoms with Crippen molar-refractivity contribution in [1.82, 2.24) is 19.6 Å². The number of nitrogens with zero attached hydrogens (tertiary/aromatic N) is 5. The van der Waals surface area contributed by atoms with Gasteiger partial charge in [-0.15, -0.1) is 5.10 Å². The van der Waals surface area contributed by atoms with Crippen LogP contribution in [0.5, 0.6) is 5.75 Å².